The number of carboxylic acids is 1. The van der Waals surface area contributed by atoms with Crippen molar-refractivity contribution in [3.05, 3.63) is 86.0 Å². The molecule has 0 spiro atoms. The summed E-state index contributed by atoms with van der Waals surface area (Å²) in [6.07, 6.45) is 1.62. The van der Waals surface area contributed by atoms with Gasteiger partial charge in [0.2, 0.25) is 0 Å². The van der Waals surface area contributed by atoms with Gasteiger partial charge in [0.15, 0.2) is 0 Å². The van der Waals surface area contributed by atoms with Gasteiger partial charge in [-0.3, -0.25) is 19.3 Å². The highest BCUT2D eigenvalue weighted by Crippen LogP contribution is 2.34. The molecule has 1 aliphatic rings. The van der Waals surface area contributed by atoms with Crippen molar-refractivity contribution in [3.63, 3.8) is 0 Å². The quantitative estimate of drug-likeness (QED) is 0.371. The zero-order valence-electron chi connectivity index (χ0n) is 18.7. The Morgan fingerprint density at radius 3 is 2.46 bits per heavy atom. The number of hydrogen-bond acceptors (Lipinski definition) is 5. The van der Waals surface area contributed by atoms with Gasteiger partial charge in [0.1, 0.15) is 18.9 Å². The molecule has 4 rings (SSSR count). The van der Waals surface area contributed by atoms with Crippen molar-refractivity contribution >= 4 is 58.2 Å². The number of halogens is 2. The van der Waals surface area contributed by atoms with Crippen LogP contribution in [-0.4, -0.2) is 38.2 Å². The number of nitrogens with zero attached hydrogens (tertiary/aromatic N) is 2. The highest BCUT2D eigenvalue weighted by molar-refractivity contribution is 8.18. The minimum Gasteiger partial charge on any atom is -0.489 e. The molecular formula is C25H20Cl2N2O5S. The maximum atomic E-state index is 12.5. The number of carboxylic acid groups (broad SMARTS) is 1. The topological polar surface area (TPSA) is 88.8 Å². The lowest BCUT2D eigenvalue weighted by Gasteiger charge is -2.12. The molecule has 0 unspecified atom stereocenters. The van der Waals surface area contributed by atoms with Crippen LogP contribution >= 0.6 is 35.0 Å². The van der Waals surface area contributed by atoms with E-state index in [1.165, 1.54) is 0 Å². The summed E-state index contributed by atoms with van der Waals surface area (Å²) in [6, 6.07) is 14.7. The third-order valence-electron chi connectivity index (χ3n) is 5.43. The summed E-state index contributed by atoms with van der Waals surface area (Å²) < 4.78 is 7.87. The van der Waals surface area contributed by atoms with Crippen molar-refractivity contribution < 1.29 is 24.2 Å². The Labute approximate surface area is 215 Å². The van der Waals surface area contributed by atoms with E-state index in [0.29, 0.717) is 22.4 Å². The average molecular weight is 531 g/mol. The lowest BCUT2D eigenvalue weighted by atomic mass is 10.2. The minimum atomic E-state index is -1.24. The number of carbonyl (C=O) groups excluding carboxylic acids is 2. The Morgan fingerprint density at radius 2 is 1.80 bits per heavy atom. The number of aryl methyl sites for hydroxylation is 1. The van der Waals surface area contributed by atoms with Crippen molar-refractivity contribution in [2.24, 2.45) is 0 Å². The van der Waals surface area contributed by atoms with E-state index in [2.05, 4.69) is 0 Å². The van der Waals surface area contributed by atoms with Crippen molar-refractivity contribution in [2.45, 2.75) is 20.5 Å². The second-order valence-corrected chi connectivity index (χ2v) is 9.68. The van der Waals surface area contributed by atoms with E-state index in [1.54, 1.807) is 18.2 Å². The van der Waals surface area contributed by atoms with Crippen LogP contribution in [0.15, 0.2) is 53.4 Å². The standard InChI is InChI=1S/C25H20Cl2N2O5S/c1-14-9-17(10-22-24(32)28(12-23(30)31)25(33)35-22)15(2)29(14)19-5-7-20(8-6-19)34-13-16-3-4-18(26)11-21(16)27/h3-11H,12-13H2,1-2H3,(H,30,31)/b22-10-. The molecule has 0 atom stereocenters. The van der Waals surface area contributed by atoms with E-state index in [0.717, 1.165) is 44.9 Å². The largest absolute Gasteiger partial charge is 0.489 e. The van der Waals surface area contributed by atoms with Gasteiger partial charge in [-0.2, -0.15) is 0 Å². The third-order valence-corrected chi connectivity index (χ3v) is 6.92. The fourth-order valence-corrected chi connectivity index (χ4v) is 5.03. The molecule has 1 saturated heterocycles. The summed E-state index contributed by atoms with van der Waals surface area (Å²) in [5.74, 6) is -1.17. The molecule has 0 saturated carbocycles. The highest BCUT2D eigenvalue weighted by Gasteiger charge is 2.36. The Kier molecular flexibility index (Phi) is 7.25. The maximum absolute atomic E-state index is 12.5. The Hall–Kier alpha value is -3.20. The van der Waals surface area contributed by atoms with E-state index in [-0.39, 0.29) is 4.91 Å². The first-order chi connectivity index (χ1) is 16.6. The van der Waals surface area contributed by atoms with Crippen LogP contribution in [0, 0.1) is 13.8 Å². The second-order valence-electron chi connectivity index (χ2n) is 7.84. The van der Waals surface area contributed by atoms with Crippen LogP contribution in [0.2, 0.25) is 10.0 Å². The number of thioether (sulfide) groups is 1. The van der Waals surface area contributed by atoms with E-state index < -0.39 is 23.7 Å². The zero-order chi connectivity index (χ0) is 25.3. The number of aromatic nitrogens is 1. The fourth-order valence-electron chi connectivity index (χ4n) is 3.74. The van der Waals surface area contributed by atoms with E-state index in [4.69, 9.17) is 33.0 Å². The maximum Gasteiger partial charge on any atom is 0.323 e. The van der Waals surface area contributed by atoms with Crippen LogP contribution in [0.3, 0.4) is 0 Å². The van der Waals surface area contributed by atoms with Gasteiger partial charge in [-0.15, -0.1) is 0 Å². The van der Waals surface area contributed by atoms with E-state index in [9.17, 15) is 14.4 Å². The molecule has 1 N–H and O–H groups in total. The summed E-state index contributed by atoms with van der Waals surface area (Å²) in [5.41, 5.74) is 4.29. The molecule has 0 radical (unpaired) electrons. The number of rotatable bonds is 7. The molecule has 1 aromatic heterocycles. The molecule has 2 amide bonds. The van der Waals surface area contributed by atoms with Crippen LogP contribution < -0.4 is 4.74 Å². The molecule has 0 aliphatic carbocycles. The smallest absolute Gasteiger partial charge is 0.323 e. The van der Waals surface area contributed by atoms with Crippen molar-refractivity contribution in [1.29, 1.82) is 0 Å². The predicted octanol–water partition coefficient (Wildman–Crippen LogP) is 6.10. The van der Waals surface area contributed by atoms with Crippen LogP contribution in [-0.2, 0) is 16.2 Å². The molecule has 1 aliphatic heterocycles. The Bertz CT molecular complexity index is 1360. The second kappa shape index (κ2) is 10.2. The third kappa shape index (κ3) is 5.40. The Morgan fingerprint density at radius 1 is 1.09 bits per heavy atom. The van der Waals surface area contributed by atoms with Gasteiger partial charge in [0.25, 0.3) is 11.1 Å². The summed E-state index contributed by atoms with van der Waals surface area (Å²) >= 11 is 12.9. The normalized spacial score (nSPS) is 14.7. The summed E-state index contributed by atoms with van der Waals surface area (Å²) in [6.45, 7) is 3.50. The van der Waals surface area contributed by atoms with Crippen LogP contribution in [0.5, 0.6) is 5.75 Å². The molecule has 3 aromatic rings. The molecule has 35 heavy (non-hydrogen) atoms. The number of amides is 2. The van der Waals surface area contributed by atoms with Gasteiger partial charge in [-0.25, -0.2) is 0 Å². The Balaban J connectivity index is 1.52. The van der Waals surface area contributed by atoms with Gasteiger partial charge in [0.05, 0.1) is 4.91 Å². The minimum absolute atomic E-state index is 0.195. The number of aliphatic carboxylic acids is 1. The summed E-state index contributed by atoms with van der Waals surface area (Å²) in [7, 11) is 0. The molecule has 2 heterocycles. The number of benzene rings is 2. The molecule has 180 valence electrons. The molecule has 7 nitrogen and oxygen atoms in total. The first kappa shape index (κ1) is 24.9. The van der Waals surface area contributed by atoms with Gasteiger partial charge in [-0.1, -0.05) is 29.3 Å². The zero-order valence-corrected chi connectivity index (χ0v) is 21.1. The lowest BCUT2D eigenvalue weighted by Crippen LogP contribution is -2.33. The van der Waals surface area contributed by atoms with Crippen molar-refractivity contribution in [1.82, 2.24) is 9.47 Å². The fraction of sp³-hybridized carbons (Fsp3) is 0.160. The number of carbonyl (C=O) groups is 3. The highest BCUT2D eigenvalue weighted by atomic mass is 35.5. The van der Waals surface area contributed by atoms with Crippen LogP contribution in [0.1, 0.15) is 22.5 Å². The van der Waals surface area contributed by atoms with Crippen LogP contribution in [0.25, 0.3) is 11.8 Å². The molecule has 2 aromatic carbocycles. The monoisotopic (exact) mass is 530 g/mol. The molecule has 10 heteroatoms. The number of imide groups is 1. The molecule has 0 bridgehead atoms. The predicted molar refractivity (Wildman–Crippen MR) is 136 cm³/mol. The van der Waals surface area contributed by atoms with Gasteiger partial charge >= 0.3 is 5.97 Å². The van der Waals surface area contributed by atoms with Gasteiger partial charge in [0, 0.05) is 32.7 Å². The number of hydrogen-bond donors (Lipinski definition) is 1. The molecular weight excluding hydrogens is 511 g/mol. The summed E-state index contributed by atoms with van der Waals surface area (Å²) in [5, 5.41) is 9.45. The number of ether oxygens (including phenoxy) is 1. The van der Waals surface area contributed by atoms with Gasteiger partial charge in [-0.05, 0) is 79.7 Å². The first-order valence-electron chi connectivity index (χ1n) is 10.5. The van der Waals surface area contributed by atoms with E-state index >= 15 is 0 Å². The summed E-state index contributed by atoms with van der Waals surface area (Å²) in [4.78, 5) is 36.4. The molecule has 1 fully saturated rings. The van der Waals surface area contributed by atoms with E-state index in [1.807, 2.05) is 54.8 Å². The van der Waals surface area contributed by atoms with Crippen LogP contribution in [0.4, 0.5) is 4.79 Å². The first-order valence-corrected chi connectivity index (χ1v) is 12.0. The van der Waals surface area contributed by atoms with Crippen molar-refractivity contribution in [2.75, 3.05) is 6.54 Å². The van der Waals surface area contributed by atoms with Gasteiger partial charge < -0.3 is 14.4 Å². The SMILES string of the molecule is Cc1cc(/C=C2\SC(=O)N(CC(=O)O)C2=O)c(C)n1-c1ccc(OCc2ccc(Cl)cc2Cl)cc1. The average Bonchev–Trinajstić information content (AvgIpc) is 3.22. The van der Waals surface area contributed by atoms with Crippen molar-refractivity contribution in [3.8, 4) is 11.4 Å². The lowest BCUT2D eigenvalue weighted by molar-refractivity contribution is -0.140.